The highest BCUT2D eigenvalue weighted by Gasteiger charge is 2.24. The lowest BCUT2D eigenvalue weighted by atomic mass is 9.92. The van der Waals surface area contributed by atoms with E-state index in [0.717, 1.165) is 25.1 Å². The summed E-state index contributed by atoms with van der Waals surface area (Å²) < 4.78 is 0. The van der Waals surface area contributed by atoms with Crippen LogP contribution >= 0.6 is 11.6 Å². The molecule has 7 heteroatoms. The maximum atomic E-state index is 12.4. The minimum atomic E-state index is -0.349. The summed E-state index contributed by atoms with van der Waals surface area (Å²) >= 11 is 5.82. The number of amides is 3. The number of rotatable bonds is 4. The summed E-state index contributed by atoms with van der Waals surface area (Å²) in [5, 5.41) is 12.4. The van der Waals surface area contributed by atoms with Crippen molar-refractivity contribution in [2.24, 2.45) is 5.92 Å². The van der Waals surface area contributed by atoms with Gasteiger partial charge in [-0.1, -0.05) is 11.6 Å². The van der Waals surface area contributed by atoms with E-state index >= 15 is 0 Å². The predicted octanol–water partition coefficient (Wildman–Crippen LogP) is 4.31. The Hall–Kier alpha value is -2.57. The van der Waals surface area contributed by atoms with Gasteiger partial charge in [0.05, 0.1) is 0 Å². The number of hydrogen-bond acceptors (Lipinski definition) is 3. The Labute approximate surface area is 163 Å². The molecule has 0 spiro atoms. The van der Waals surface area contributed by atoms with E-state index in [9.17, 15) is 9.59 Å². The number of benzene rings is 2. The van der Waals surface area contributed by atoms with E-state index < -0.39 is 0 Å². The maximum absolute atomic E-state index is 12.4. The van der Waals surface area contributed by atoms with Crippen molar-refractivity contribution in [3.63, 3.8) is 0 Å². The molecule has 0 saturated carbocycles. The molecule has 1 aliphatic rings. The average molecular weight is 387 g/mol. The molecule has 3 rings (SSSR count). The fraction of sp³-hybridized carbons (Fsp3) is 0.300. The number of urea groups is 1. The zero-order valence-electron chi connectivity index (χ0n) is 15.1. The van der Waals surface area contributed by atoms with E-state index in [1.807, 2.05) is 0 Å². The molecule has 0 unspecified atom stereocenters. The van der Waals surface area contributed by atoms with Crippen LogP contribution in [0.15, 0.2) is 48.5 Å². The van der Waals surface area contributed by atoms with Crippen molar-refractivity contribution >= 4 is 40.6 Å². The van der Waals surface area contributed by atoms with Crippen molar-refractivity contribution in [2.75, 3.05) is 22.5 Å². The molecule has 0 aromatic heterocycles. The topological polar surface area (TPSA) is 82.3 Å². The number of halogens is 1. The molecule has 6 nitrogen and oxygen atoms in total. The summed E-state index contributed by atoms with van der Waals surface area (Å²) in [4.78, 5) is 24.4. The van der Waals surface area contributed by atoms with Crippen molar-refractivity contribution in [3.05, 3.63) is 53.6 Å². The Morgan fingerprint density at radius 2 is 1.44 bits per heavy atom. The number of carbonyl (C=O) groups excluding carboxylic acids is 2. The standard InChI is InChI=1S/C20H23ClN4O2/c1-13-12-14(10-11-22-13)19(26)23-16-6-8-18(9-7-16)25-20(27)24-17-4-2-15(21)3-5-17/h2-9,13-14,22H,10-12H2,1H3,(H,23,26)(H2,24,25,27)/t13-,14-/m0/s1. The Morgan fingerprint density at radius 1 is 0.926 bits per heavy atom. The van der Waals surface area contributed by atoms with Gasteiger partial charge in [0, 0.05) is 34.0 Å². The molecule has 27 heavy (non-hydrogen) atoms. The van der Waals surface area contributed by atoms with Crippen LogP contribution < -0.4 is 21.3 Å². The fourth-order valence-corrected chi connectivity index (χ4v) is 3.20. The number of carbonyl (C=O) groups is 2. The largest absolute Gasteiger partial charge is 0.326 e. The second-order valence-electron chi connectivity index (χ2n) is 6.73. The van der Waals surface area contributed by atoms with Crippen molar-refractivity contribution in [1.29, 1.82) is 0 Å². The van der Waals surface area contributed by atoms with Crippen LogP contribution in [0.5, 0.6) is 0 Å². The molecule has 142 valence electrons. The van der Waals surface area contributed by atoms with Crippen molar-refractivity contribution < 1.29 is 9.59 Å². The van der Waals surface area contributed by atoms with Crippen LogP contribution in [0.2, 0.25) is 5.02 Å². The first-order valence-electron chi connectivity index (χ1n) is 8.97. The molecule has 1 aliphatic heterocycles. The van der Waals surface area contributed by atoms with Gasteiger partial charge < -0.3 is 21.3 Å². The van der Waals surface area contributed by atoms with E-state index in [0.29, 0.717) is 22.4 Å². The minimum absolute atomic E-state index is 0.0317. The molecule has 1 saturated heterocycles. The van der Waals surface area contributed by atoms with Gasteiger partial charge in [0.25, 0.3) is 0 Å². The third-order valence-electron chi connectivity index (χ3n) is 4.51. The molecule has 2 aromatic rings. The first-order chi connectivity index (χ1) is 13.0. The van der Waals surface area contributed by atoms with Crippen LogP contribution in [0.4, 0.5) is 21.9 Å². The summed E-state index contributed by atoms with van der Waals surface area (Å²) in [5.41, 5.74) is 2.00. The molecule has 0 bridgehead atoms. The molecular formula is C20H23ClN4O2. The highest BCUT2D eigenvalue weighted by atomic mass is 35.5. The number of piperidine rings is 1. The Kier molecular flexibility index (Phi) is 6.32. The zero-order chi connectivity index (χ0) is 19.2. The Bertz CT molecular complexity index is 793. The van der Waals surface area contributed by atoms with Crippen LogP contribution in [0.1, 0.15) is 19.8 Å². The van der Waals surface area contributed by atoms with Gasteiger partial charge in [-0.15, -0.1) is 0 Å². The fourth-order valence-electron chi connectivity index (χ4n) is 3.08. The van der Waals surface area contributed by atoms with Gasteiger partial charge in [-0.05, 0) is 74.8 Å². The van der Waals surface area contributed by atoms with E-state index in [1.165, 1.54) is 0 Å². The summed E-state index contributed by atoms with van der Waals surface area (Å²) in [6, 6.07) is 13.9. The Morgan fingerprint density at radius 3 is 2.00 bits per heavy atom. The zero-order valence-corrected chi connectivity index (χ0v) is 15.8. The quantitative estimate of drug-likeness (QED) is 0.631. The lowest BCUT2D eigenvalue weighted by Gasteiger charge is -2.27. The van der Waals surface area contributed by atoms with Crippen LogP contribution in [-0.2, 0) is 4.79 Å². The van der Waals surface area contributed by atoms with Gasteiger partial charge in [-0.2, -0.15) is 0 Å². The summed E-state index contributed by atoms with van der Waals surface area (Å²) in [6.07, 6.45) is 1.69. The first kappa shape index (κ1) is 19.2. The summed E-state index contributed by atoms with van der Waals surface area (Å²) in [7, 11) is 0. The first-order valence-corrected chi connectivity index (χ1v) is 9.35. The highest BCUT2D eigenvalue weighted by molar-refractivity contribution is 6.30. The molecule has 0 radical (unpaired) electrons. The number of hydrogen-bond donors (Lipinski definition) is 4. The van der Waals surface area contributed by atoms with Crippen LogP contribution in [-0.4, -0.2) is 24.5 Å². The van der Waals surface area contributed by atoms with Crippen molar-refractivity contribution in [2.45, 2.75) is 25.8 Å². The Balaban J connectivity index is 1.51. The molecule has 1 fully saturated rings. The molecule has 4 N–H and O–H groups in total. The monoisotopic (exact) mass is 386 g/mol. The third-order valence-corrected chi connectivity index (χ3v) is 4.76. The molecule has 2 aromatic carbocycles. The smallest absolute Gasteiger partial charge is 0.323 e. The van der Waals surface area contributed by atoms with Crippen molar-refractivity contribution in [1.82, 2.24) is 5.32 Å². The van der Waals surface area contributed by atoms with Gasteiger partial charge in [0.2, 0.25) is 5.91 Å². The van der Waals surface area contributed by atoms with E-state index in [4.69, 9.17) is 11.6 Å². The van der Waals surface area contributed by atoms with Gasteiger partial charge in [-0.25, -0.2) is 4.79 Å². The van der Waals surface area contributed by atoms with E-state index in [2.05, 4.69) is 28.2 Å². The molecule has 3 amide bonds. The molecule has 2 atom stereocenters. The molecule has 1 heterocycles. The maximum Gasteiger partial charge on any atom is 0.323 e. The second kappa shape index (κ2) is 8.88. The van der Waals surface area contributed by atoms with Crippen LogP contribution in [0, 0.1) is 5.92 Å². The number of nitrogens with one attached hydrogen (secondary N) is 4. The normalized spacial score (nSPS) is 19.2. The lowest BCUT2D eigenvalue weighted by molar-refractivity contribution is -0.120. The van der Waals surface area contributed by atoms with Crippen molar-refractivity contribution in [3.8, 4) is 0 Å². The van der Waals surface area contributed by atoms with Gasteiger partial charge in [-0.3, -0.25) is 4.79 Å². The second-order valence-corrected chi connectivity index (χ2v) is 7.17. The lowest BCUT2D eigenvalue weighted by Crippen LogP contribution is -2.40. The molecular weight excluding hydrogens is 364 g/mol. The predicted molar refractivity (Wildman–Crippen MR) is 109 cm³/mol. The summed E-state index contributed by atoms with van der Waals surface area (Å²) in [6.45, 7) is 2.96. The average Bonchev–Trinajstić information content (AvgIpc) is 2.65. The molecule has 0 aliphatic carbocycles. The van der Waals surface area contributed by atoms with Crippen LogP contribution in [0.3, 0.4) is 0 Å². The van der Waals surface area contributed by atoms with Gasteiger partial charge in [0.15, 0.2) is 0 Å². The van der Waals surface area contributed by atoms with Gasteiger partial charge in [0.1, 0.15) is 0 Å². The van der Waals surface area contributed by atoms with E-state index in [1.54, 1.807) is 48.5 Å². The highest BCUT2D eigenvalue weighted by Crippen LogP contribution is 2.20. The summed E-state index contributed by atoms with van der Waals surface area (Å²) in [5.74, 6) is 0.0775. The van der Waals surface area contributed by atoms with Gasteiger partial charge >= 0.3 is 6.03 Å². The third kappa shape index (κ3) is 5.70. The van der Waals surface area contributed by atoms with E-state index in [-0.39, 0.29) is 17.9 Å². The minimum Gasteiger partial charge on any atom is -0.326 e. The number of anilines is 3. The SMILES string of the molecule is C[C@H]1C[C@@H](C(=O)Nc2ccc(NC(=O)Nc3ccc(Cl)cc3)cc2)CCN1. The van der Waals surface area contributed by atoms with Crippen LogP contribution in [0.25, 0.3) is 0 Å².